The minimum absolute atomic E-state index is 0.280. The van der Waals surface area contributed by atoms with Crippen LogP contribution in [0.25, 0.3) is 22.4 Å². The molecule has 3 aromatic carbocycles. The zero-order chi connectivity index (χ0) is 27.2. The van der Waals surface area contributed by atoms with Gasteiger partial charge in [-0.2, -0.15) is 0 Å². The molecule has 0 radical (unpaired) electrons. The van der Waals surface area contributed by atoms with E-state index in [-0.39, 0.29) is 5.91 Å². The maximum Gasteiger partial charge on any atom is 0.337 e. The third kappa shape index (κ3) is 8.18. The molecule has 1 N–H and O–H groups in total. The lowest BCUT2D eigenvalue weighted by atomic mass is 10.0. The first-order valence-corrected chi connectivity index (χ1v) is 11.8. The van der Waals surface area contributed by atoms with Gasteiger partial charge in [-0.25, -0.2) is 4.79 Å². The summed E-state index contributed by atoms with van der Waals surface area (Å²) in [6.07, 6.45) is 3.31. The Morgan fingerprint density at radius 1 is 0.919 bits per heavy atom. The summed E-state index contributed by atoms with van der Waals surface area (Å²) in [5.74, 6) is -0.727. The highest BCUT2D eigenvalue weighted by atomic mass is 16.5. The number of nitrogens with zero attached hydrogens (tertiary/aromatic N) is 1. The monoisotopic (exact) mass is 496 g/mol. The van der Waals surface area contributed by atoms with Crippen LogP contribution in [0.4, 0.5) is 5.69 Å². The second kappa shape index (κ2) is 14.6. The molecule has 0 unspecified atom stereocenters. The lowest BCUT2D eigenvalue weighted by Gasteiger charge is -2.08. The van der Waals surface area contributed by atoms with E-state index in [1.54, 1.807) is 42.7 Å². The average Bonchev–Trinajstić information content (AvgIpc) is 3.45. The third-order valence-electron chi connectivity index (χ3n) is 4.96. The minimum Gasteiger partial charge on any atom is -0.465 e. The maximum atomic E-state index is 12.6. The topological polar surface area (TPSA) is 81.4 Å². The van der Waals surface area contributed by atoms with Crippen LogP contribution in [0.3, 0.4) is 0 Å². The first-order valence-electron chi connectivity index (χ1n) is 11.8. The van der Waals surface area contributed by atoms with Gasteiger partial charge in [-0.1, -0.05) is 86.3 Å². The highest BCUT2D eigenvalue weighted by Gasteiger charge is 2.14. The SMILES string of the molecule is C=CC(=C)C.CC.COC(=O)c1ccc(C(=O)Nc2cccc(-c3conc3-c3ccccc3)c2)cc1. The van der Waals surface area contributed by atoms with Crippen molar-refractivity contribution in [3.63, 3.8) is 0 Å². The van der Waals surface area contributed by atoms with Crippen molar-refractivity contribution in [3.05, 3.63) is 121 Å². The van der Waals surface area contributed by atoms with E-state index >= 15 is 0 Å². The summed E-state index contributed by atoms with van der Waals surface area (Å²) < 4.78 is 9.88. The number of esters is 1. The first kappa shape index (κ1) is 28.5. The second-order valence-electron chi connectivity index (χ2n) is 7.60. The number of hydrogen-bond acceptors (Lipinski definition) is 5. The highest BCUT2D eigenvalue weighted by molar-refractivity contribution is 6.05. The fourth-order valence-electron chi connectivity index (χ4n) is 3.09. The summed E-state index contributed by atoms with van der Waals surface area (Å²) in [5.41, 5.74) is 5.85. The molecule has 0 spiro atoms. The van der Waals surface area contributed by atoms with E-state index in [0.717, 1.165) is 28.0 Å². The fraction of sp³-hybridized carbons (Fsp3) is 0.129. The van der Waals surface area contributed by atoms with Crippen LogP contribution in [-0.4, -0.2) is 24.1 Å². The Morgan fingerprint density at radius 3 is 2.11 bits per heavy atom. The van der Waals surface area contributed by atoms with Crippen molar-refractivity contribution in [2.24, 2.45) is 0 Å². The van der Waals surface area contributed by atoms with Gasteiger partial charge in [-0.3, -0.25) is 4.79 Å². The van der Waals surface area contributed by atoms with Gasteiger partial charge >= 0.3 is 5.97 Å². The lowest BCUT2D eigenvalue weighted by Crippen LogP contribution is -2.12. The van der Waals surface area contributed by atoms with Crippen LogP contribution in [0.15, 0.2) is 114 Å². The number of amides is 1. The van der Waals surface area contributed by atoms with Gasteiger partial charge in [0.15, 0.2) is 0 Å². The Labute approximate surface area is 218 Å². The van der Waals surface area contributed by atoms with Crippen LogP contribution < -0.4 is 5.32 Å². The summed E-state index contributed by atoms with van der Waals surface area (Å²) in [5, 5.41) is 7.01. The molecule has 6 nitrogen and oxygen atoms in total. The summed E-state index contributed by atoms with van der Waals surface area (Å²) >= 11 is 0. The quantitative estimate of drug-likeness (QED) is 0.217. The van der Waals surface area contributed by atoms with Gasteiger partial charge in [-0.15, -0.1) is 0 Å². The smallest absolute Gasteiger partial charge is 0.337 e. The van der Waals surface area contributed by atoms with Crippen molar-refractivity contribution in [1.82, 2.24) is 5.16 Å². The van der Waals surface area contributed by atoms with E-state index in [9.17, 15) is 9.59 Å². The van der Waals surface area contributed by atoms with Crippen LogP contribution in [0.5, 0.6) is 0 Å². The molecule has 0 atom stereocenters. The Balaban J connectivity index is 0.000000617. The summed E-state index contributed by atoms with van der Waals surface area (Å²) in [6.45, 7) is 12.9. The second-order valence-corrected chi connectivity index (χ2v) is 7.60. The van der Waals surface area contributed by atoms with Crippen molar-refractivity contribution in [2.45, 2.75) is 20.8 Å². The van der Waals surface area contributed by atoms with Gasteiger partial charge in [0, 0.05) is 22.4 Å². The minimum atomic E-state index is -0.447. The van der Waals surface area contributed by atoms with Crippen molar-refractivity contribution >= 4 is 17.6 Å². The molecule has 4 rings (SSSR count). The van der Waals surface area contributed by atoms with Crippen LogP contribution >= 0.6 is 0 Å². The molecule has 1 aromatic heterocycles. The Kier molecular flexibility index (Phi) is 11.3. The summed E-state index contributed by atoms with van der Waals surface area (Å²) in [7, 11) is 1.31. The molecule has 6 heteroatoms. The molecule has 0 aliphatic heterocycles. The zero-order valence-corrected chi connectivity index (χ0v) is 21.7. The predicted molar refractivity (Wildman–Crippen MR) is 149 cm³/mol. The van der Waals surface area contributed by atoms with Gasteiger partial charge in [0.05, 0.1) is 12.7 Å². The molecule has 0 aliphatic rings. The summed E-state index contributed by atoms with van der Waals surface area (Å²) in [4.78, 5) is 24.1. The van der Waals surface area contributed by atoms with Gasteiger partial charge in [-0.05, 0) is 48.9 Å². The van der Waals surface area contributed by atoms with Crippen LogP contribution in [-0.2, 0) is 4.74 Å². The number of rotatable bonds is 6. The number of hydrogen-bond donors (Lipinski definition) is 1. The molecule has 1 amide bonds. The molecule has 4 aromatic rings. The Morgan fingerprint density at radius 2 is 1.51 bits per heavy atom. The molecule has 190 valence electrons. The van der Waals surface area contributed by atoms with Crippen molar-refractivity contribution in [1.29, 1.82) is 0 Å². The van der Waals surface area contributed by atoms with E-state index in [1.165, 1.54) is 7.11 Å². The number of ether oxygens (including phenoxy) is 1. The van der Waals surface area contributed by atoms with Gasteiger partial charge in [0.1, 0.15) is 12.0 Å². The number of carbonyl (C=O) groups is 2. The Bertz CT molecular complexity index is 1320. The standard InChI is InChI=1S/C24H18N2O4.C5H8.C2H6/c1-29-24(28)18-12-10-17(11-13-18)23(27)25-20-9-5-8-19(14-20)21-15-30-26-22(21)16-6-3-2-4-7-16;1-4-5(2)3;1-2/h2-15H,1H3,(H,25,27);4H,1-2H2,3H3;1-2H3. The van der Waals surface area contributed by atoms with Crippen molar-refractivity contribution < 1.29 is 18.8 Å². The number of anilines is 1. The number of allylic oxidation sites excluding steroid dienone is 2. The van der Waals surface area contributed by atoms with Crippen LogP contribution in [0.1, 0.15) is 41.5 Å². The molecular weight excluding hydrogens is 464 g/mol. The number of aromatic nitrogens is 1. The molecule has 1 heterocycles. The van der Waals surface area contributed by atoms with Crippen LogP contribution in [0, 0.1) is 0 Å². The molecule has 0 aliphatic carbocycles. The zero-order valence-electron chi connectivity index (χ0n) is 21.7. The van der Waals surface area contributed by atoms with E-state index in [4.69, 9.17) is 4.52 Å². The fourth-order valence-corrected chi connectivity index (χ4v) is 3.09. The molecule has 0 saturated carbocycles. The Hall–Kier alpha value is -4.71. The van der Waals surface area contributed by atoms with Crippen molar-refractivity contribution in [2.75, 3.05) is 12.4 Å². The molecular formula is C31H32N2O4. The van der Waals surface area contributed by atoms with E-state index < -0.39 is 5.97 Å². The van der Waals surface area contributed by atoms with Crippen molar-refractivity contribution in [3.8, 4) is 22.4 Å². The van der Waals surface area contributed by atoms with E-state index in [1.807, 2.05) is 69.3 Å². The van der Waals surface area contributed by atoms with Gasteiger partial charge in [0.25, 0.3) is 5.91 Å². The average molecular weight is 497 g/mol. The summed E-state index contributed by atoms with van der Waals surface area (Å²) in [6, 6.07) is 23.5. The third-order valence-corrected chi connectivity index (χ3v) is 4.96. The van der Waals surface area contributed by atoms with Gasteiger partial charge in [0.2, 0.25) is 0 Å². The first-order chi connectivity index (χ1) is 17.9. The van der Waals surface area contributed by atoms with Gasteiger partial charge < -0.3 is 14.6 Å². The van der Waals surface area contributed by atoms with Crippen LogP contribution in [0.2, 0.25) is 0 Å². The number of methoxy groups -OCH3 is 1. The van der Waals surface area contributed by atoms with E-state index in [0.29, 0.717) is 16.8 Å². The maximum absolute atomic E-state index is 12.6. The lowest BCUT2D eigenvalue weighted by molar-refractivity contribution is 0.0600. The normalized spacial score (nSPS) is 9.51. The number of benzene rings is 3. The predicted octanol–water partition coefficient (Wildman–Crippen LogP) is 7.82. The number of carbonyl (C=O) groups excluding carboxylic acids is 2. The number of nitrogens with one attached hydrogen (secondary N) is 1. The molecule has 0 saturated heterocycles. The molecule has 0 bridgehead atoms. The highest BCUT2D eigenvalue weighted by Crippen LogP contribution is 2.32. The molecule has 37 heavy (non-hydrogen) atoms. The van der Waals surface area contributed by atoms with E-state index in [2.05, 4.69) is 28.4 Å². The largest absolute Gasteiger partial charge is 0.465 e. The molecule has 0 fully saturated rings.